The molecule has 1 fully saturated rings. The molecule has 0 aromatic heterocycles. The molecule has 1 heterocycles. The van der Waals surface area contributed by atoms with E-state index < -0.39 is 10.0 Å². The van der Waals surface area contributed by atoms with Crippen LogP contribution >= 0.6 is 0 Å². The molecular weight excluding hydrogens is 482 g/mol. The molecule has 0 radical (unpaired) electrons. The molecule has 194 valence electrons. The second-order valence-corrected chi connectivity index (χ2v) is 12.5. The predicted octanol–water partition coefficient (Wildman–Crippen LogP) is 4.45. The molecule has 3 aromatic rings. The van der Waals surface area contributed by atoms with Crippen molar-refractivity contribution in [1.82, 2.24) is 5.32 Å². The van der Waals surface area contributed by atoms with Crippen LogP contribution in [0.15, 0.2) is 78.9 Å². The molecule has 0 saturated heterocycles. The maximum atomic E-state index is 13.5. The zero-order valence-corrected chi connectivity index (χ0v) is 22.1. The Balaban J connectivity index is 1.29. The highest BCUT2D eigenvalue weighted by Crippen LogP contribution is 2.50. The van der Waals surface area contributed by atoms with Gasteiger partial charge in [-0.05, 0) is 67.3 Å². The van der Waals surface area contributed by atoms with Crippen LogP contribution in [0.3, 0.4) is 0 Å². The number of nitrogens with one attached hydrogen (secondary N) is 1. The number of anilines is 2. The maximum Gasteiger partial charge on any atom is 0.232 e. The van der Waals surface area contributed by atoms with Gasteiger partial charge in [-0.2, -0.15) is 0 Å². The fourth-order valence-electron chi connectivity index (χ4n) is 6.12. The molecule has 6 nitrogen and oxygen atoms in total. The Labute approximate surface area is 219 Å². The van der Waals surface area contributed by atoms with Crippen molar-refractivity contribution in [3.8, 4) is 0 Å². The van der Waals surface area contributed by atoms with Crippen molar-refractivity contribution < 1.29 is 13.2 Å². The van der Waals surface area contributed by atoms with Crippen molar-refractivity contribution >= 4 is 27.3 Å². The molecule has 3 N–H and O–H groups in total. The van der Waals surface area contributed by atoms with E-state index in [0.29, 0.717) is 13.0 Å². The van der Waals surface area contributed by atoms with E-state index >= 15 is 0 Å². The van der Waals surface area contributed by atoms with E-state index in [1.54, 1.807) is 4.31 Å². The summed E-state index contributed by atoms with van der Waals surface area (Å²) in [6.07, 6.45) is 5.74. The second-order valence-electron chi connectivity index (χ2n) is 10.6. The molecule has 1 atom stereocenters. The first-order valence-corrected chi connectivity index (χ1v) is 14.8. The number of rotatable bonds is 7. The maximum absolute atomic E-state index is 13.5. The van der Waals surface area contributed by atoms with Crippen LogP contribution in [0.25, 0.3) is 0 Å². The first kappa shape index (κ1) is 25.3. The van der Waals surface area contributed by atoms with Crippen LogP contribution in [-0.4, -0.2) is 33.2 Å². The number of hydrogen-bond donors (Lipinski definition) is 2. The van der Waals surface area contributed by atoms with Gasteiger partial charge in [0.05, 0.1) is 11.9 Å². The lowest BCUT2D eigenvalue weighted by atomic mass is 9.67. The van der Waals surface area contributed by atoms with Gasteiger partial charge in [-0.1, -0.05) is 66.7 Å². The van der Waals surface area contributed by atoms with E-state index in [9.17, 15) is 13.2 Å². The van der Waals surface area contributed by atoms with Crippen LogP contribution in [0.4, 0.5) is 11.4 Å². The Morgan fingerprint density at radius 2 is 1.62 bits per heavy atom. The lowest BCUT2D eigenvalue weighted by molar-refractivity contribution is -0.127. The zero-order valence-electron chi connectivity index (χ0n) is 21.3. The molecule has 1 amide bonds. The smallest absolute Gasteiger partial charge is 0.232 e. The third-order valence-corrected chi connectivity index (χ3v) is 9.22. The standard InChI is InChI=1S/C30H35N3O3S/c1-37(35,36)33-21-30(26-12-6-8-14-28(26)33)17-15-23(16-18-30)29(34)32-25(19-22-9-3-2-4-10-22)20-24-11-5-7-13-27(24)31/h2-14,23,25H,15-21,31H2,1H3,(H,32,34). The molecule has 0 bridgehead atoms. The molecule has 1 spiro atoms. The summed E-state index contributed by atoms with van der Waals surface area (Å²) in [5.41, 5.74) is 10.8. The number of nitrogens with zero attached hydrogens (tertiary/aromatic N) is 1. The number of benzene rings is 3. The average Bonchev–Trinajstić information content (AvgIpc) is 3.21. The Bertz CT molecular complexity index is 1370. The summed E-state index contributed by atoms with van der Waals surface area (Å²) in [5.74, 6) is -0.00648. The second kappa shape index (κ2) is 10.2. The van der Waals surface area contributed by atoms with Crippen LogP contribution in [0, 0.1) is 5.92 Å². The average molecular weight is 518 g/mol. The highest BCUT2D eigenvalue weighted by molar-refractivity contribution is 7.92. The molecule has 5 rings (SSSR count). The van der Waals surface area contributed by atoms with Crippen LogP contribution in [0.2, 0.25) is 0 Å². The van der Waals surface area contributed by atoms with Gasteiger partial charge in [-0.3, -0.25) is 9.10 Å². The first-order valence-electron chi connectivity index (χ1n) is 13.0. The van der Waals surface area contributed by atoms with E-state index in [0.717, 1.165) is 54.6 Å². The molecule has 2 aliphatic rings. The predicted molar refractivity (Wildman–Crippen MR) is 149 cm³/mol. The summed E-state index contributed by atoms with van der Waals surface area (Å²) in [6, 6.07) is 25.8. The number of sulfonamides is 1. The Kier molecular flexibility index (Phi) is 6.99. The highest BCUT2D eigenvalue weighted by Gasteiger charge is 2.48. The van der Waals surface area contributed by atoms with Crippen LogP contribution in [0.5, 0.6) is 0 Å². The number of carbonyl (C=O) groups is 1. The summed E-state index contributed by atoms with van der Waals surface area (Å²) in [4.78, 5) is 13.5. The van der Waals surface area contributed by atoms with Gasteiger partial charge in [0.15, 0.2) is 0 Å². The van der Waals surface area contributed by atoms with E-state index in [2.05, 4.69) is 23.5 Å². The van der Waals surface area contributed by atoms with E-state index in [4.69, 9.17) is 5.73 Å². The lowest BCUT2D eigenvalue weighted by Gasteiger charge is -2.37. The minimum Gasteiger partial charge on any atom is -0.399 e. The van der Waals surface area contributed by atoms with Crippen molar-refractivity contribution in [3.63, 3.8) is 0 Å². The molecule has 37 heavy (non-hydrogen) atoms. The molecular formula is C30H35N3O3S. The van der Waals surface area contributed by atoms with Gasteiger partial charge >= 0.3 is 0 Å². The molecule has 1 unspecified atom stereocenters. The Morgan fingerprint density at radius 3 is 2.32 bits per heavy atom. The van der Waals surface area contributed by atoms with Gasteiger partial charge in [0.1, 0.15) is 0 Å². The SMILES string of the molecule is CS(=O)(=O)N1CC2(CCC(C(=O)NC(Cc3ccccc3)Cc3ccccc3N)CC2)c2ccccc21. The number of amides is 1. The summed E-state index contributed by atoms with van der Waals surface area (Å²) >= 11 is 0. The van der Waals surface area contributed by atoms with Crippen molar-refractivity contribution in [3.05, 3.63) is 95.6 Å². The largest absolute Gasteiger partial charge is 0.399 e. The fraction of sp³-hybridized carbons (Fsp3) is 0.367. The van der Waals surface area contributed by atoms with Gasteiger partial charge in [-0.15, -0.1) is 0 Å². The van der Waals surface area contributed by atoms with Crippen LogP contribution in [0.1, 0.15) is 42.4 Å². The molecule has 1 saturated carbocycles. The zero-order chi connectivity index (χ0) is 26.0. The number of para-hydroxylation sites is 2. The van der Waals surface area contributed by atoms with E-state index in [-0.39, 0.29) is 23.3 Å². The number of nitrogen functional groups attached to an aromatic ring is 1. The number of hydrogen-bond acceptors (Lipinski definition) is 4. The van der Waals surface area contributed by atoms with Crippen molar-refractivity contribution in [2.24, 2.45) is 5.92 Å². The number of carbonyl (C=O) groups excluding carboxylic acids is 1. The monoisotopic (exact) mass is 517 g/mol. The summed E-state index contributed by atoms with van der Waals surface area (Å²) in [6.45, 7) is 0.462. The summed E-state index contributed by atoms with van der Waals surface area (Å²) in [5, 5.41) is 3.34. The highest BCUT2D eigenvalue weighted by atomic mass is 32.2. The number of fused-ring (bicyclic) bond motifs is 2. The summed E-state index contributed by atoms with van der Waals surface area (Å²) < 4.78 is 26.5. The van der Waals surface area contributed by atoms with Crippen molar-refractivity contribution in [2.45, 2.75) is 50.0 Å². The lowest BCUT2D eigenvalue weighted by Crippen LogP contribution is -2.45. The van der Waals surface area contributed by atoms with Gasteiger partial charge in [0.25, 0.3) is 0 Å². The van der Waals surface area contributed by atoms with Gasteiger partial charge < -0.3 is 11.1 Å². The van der Waals surface area contributed by atoms with Crippen molar-refractivity contribution in [1.29, 1.82) is 0 Å². The Morgan fingerprint density at radius 1 is 0.973 bits per heavy atom. The number of nitrogens with two attached hydrogens (primary N) is 1. The molecule has 7 heteroatoms. The topological polar surface area (TPSA) is 92.5 Å². The third-order valence-electron chi connectivity index (χ3n) is 8.10. The quantitative estimate of drug-likeness (QED) is 0.453. The normalized spacial score (nSPS) is 22.0. The minimum atomic E-state index is -3.36. The molecule has 1 aliphatic heterocycles. The minimum absolute atomic E-state index is 0.0663. The Hall–Kier alpha value is -3.32. The van der Waals surface area contributed by atoms with Gasteiger partial charge in [0.2, 0.25) is 15.9 Å². The first-order chi connectivity index (χ1) is 17.7. The van der Waals surface area contributed by atoms with Gasteiger partial charge in [-0.25, -0.2) is 8.42 Å². The van der Waals surface area contributed by atoms with Crippen LogP contribution < -0.4 is 15.4 Å². The van der Waals surface area contributed by atoms with Gasteiger partial charge in [0, 0.05) is 29.6 Å². The van der Waals surface area contributed by atoms with E-state index in [1.807, 2.05) is 60.7 Å². The van der Waals surface area contributed by atoms with E-state index in [1.165, 1.54) is 11.8 Å². The van der Waals surface area contributed by atoms with Crippen LogP contribution in [-0.2, 0) is 33.1 Å². The molecule has 3 aromatic carbocycles. The fourth-order valence-corrected chi connectivity index (χ4v) is 7.12. The molecule has 1 aliphatic carbocycles. The van der Waals surface area contributed by atoms with Crippen molar-refractivity contribution in [2.75, 3.05) is 22.8 Å². The third kappa shape index (κ3) is 5.37. The summed E-state index contributed by atoms with van der Waals surface area (Å²) in [7, 11) is -3.36.